The van der Waals surface area contributed by atoms with Crippen molar-refractivity contribution < 1.29 is 4.74 Å². The fourth-order valence-electron chi connectivity index (χ4n) is 1.62. The first-order valence-corrected chi connectivity index (χ1v) is 5.00. The molecule has 0 aliphatic carbocycles. The van der Waals surface area contributed by atoms with Gasteiger partial charge in [0.15, 0.2) is 0 Å². The van der Waals surface area contributed by atoms with Crippen molar-refractivity contribution in [2.75, 3.05) is 20.3 Å². The molecular weight excluding hydrogens is 174 g/mol. The van der Waals surface area contributed by atoms with Gasteiger partial charge >= 0.3 is 0 Å². The number of ether oxygens (including phenoxy) is 1. The normalized spacial score (nSPS) is 12.8. The van der Waals surface area contributed by atoms with Crippen LogP contribution in [0.3, 0.4) is 0 Å². The largest absolute Gasteiger partial charge is 0.384 e. The van der Waals surface area contributed by atoms with E-state index in [1.54, 1.807) is 7.11 Å². The highest BCUT2D eigenvalue weighted by molar-refractivity contribution is 5.22. The molecule has 0 amide bonds. The number of nitrogens with two attached hydrogens (primary N) is 1. The van der Waals surface area contributed by atoms with E-state index in [1.807, 2.05) is 0 Å². The van der Waals surface area contributed by atoms with Crippen molar-refractivity contribution in [2.24, 2.45) is 11.7 Å². The van der Waals surface area contributed by atoms with Gasteiger partial charge in [0.1, 0.15) is 0 Å². The van der Waals surface area contributed by atoms with E-state index in [4.69, 9.17) is 10.5 Å². The average molecular weight is 193 g/mol. The molecular formula is C12H19NO. The molecule has 0 fully saturated rings. The summed E-state index contributed by atoms with van der Waals surface area (Å²) in [5.41, 5.74) is 8.31. The molecule has 0 aliphatic heterocycles. The minimum atomic E-state index is 0.432. The van der Waals surface area contributed by atoms with Gasteiger partial charge in [0.2, 0.25) is 0 Å². The molecule has 0 aliphatic rings. The summed E-state index contributed by atoms with van der Waals surface area (Å²) >= 11 is 0. The zero-order chi connectivity index (χ0) is 10.4. The van der Waals surface area contributed by atoms with Gasteiger partial charge in [0, 0.05) is 7.11 Å². The van der Waals surface area contributed by atoms with E-state index in [0.717, 1.165) is 13.0 Å². The van der Waals surface area contributed by atoms with Crippen molar-refractivity contribution >= 4 is 0 Å². The highest BCUT2D eigenvalue weighted by atomic mass is 16.5. The van der Waals surface area contributed by atoms with E-state index in [1.165, 1.54) is 11.1 Å². The summed E-state index contributed by atoms with van der Waals surface area (Å²) in [6, 6.07) is 8.55. The van der Waals surface area contributed by atoms with Crippen LogP contribution in [0.15, 0.2) is 24.3 Å². The Kier molecular flexibility index (Phi) is 4.63. The SMILES string of the molecule is COCC(CN)Cc1cccc(C)c1. The molecule has 1 atom stereocenters. The fraction of sp³-hybridized carbons (Fsp3) is 0.500. The third-order valence-corrected chi connectivity index (χ3v) is 2.34. The summed E-state index contributed by atoms with van der Waals surface area (Å²) in [5, 5.41) is 0. The molecule has 0 bridgehead atoms. The van der Waals surface area contributed by atoms with Gasteiger partial charge in [-0.05, 0) is 31.4 Å². The zero-order valence-corrected chi connectivity index (χ0v) is 8.99. The second-order valence-corrected chi connectivity index (χ2v) is 3.75. The Bertz CT molecular complexity index is 273. The molecule has 1 rings (SSSR count). The van der Waals surface area contributed by atoms with E-state index >= 15 is 0 Å². The lowest BCUT2D eigenvalue weighted by molar-refractivity contribution is 0.155. The van der Waals surface area contributed by atoms with E-state index in [-0.39, 0.29) is 0 Å². The van der Waals surface area contributed by atoms with Crippen LogP contribution < -0.4 is 5.73 Å². The van der Waals surface area contributed by atoms with Crippen LogP contribution in [0, 0.1) is 12.8 Å². The van der Waals surface area contributed by atoms with Crippen LogP contribution >= 0.6 is 0 Å². The second-order valence-electron chi connectivity index (χ2n) is 3.75. The van der Waals surface area contributed by atoms with Crippen LogP contribution in [0.2, 0.25) is 0 Å². The first-order valence-electron chi connectivity index (χ1n) is 5.00. The average Bonchev–Trinajstić information content (AvgIpc) is 2.17. The molecule has 78 valence electrons. The summed E-state index contributed by atoms with van der Waals surface area (Å²) in [6.45, 7) is 3.53. The highest BCUT2D eigenvalue weighted by Gasteiger charge is 2.06. The third kappa shape index (κ3) is 3.48. The molecule has 0 aromatic heterocycles. The van der Waals surface area contributed by atoms with E-state index < -0.39 is 0 Å². The predicted molar refractivity (Wildman–Crippen MR) is 59.3 cm³/mol. The van der Waals surface area contributed by atoms with Crippen LogP contribution in [0.1, 0.15) is 11.1 Å². The first-order chi connectivity index (χ1) is 6.76. The Balaban J connectivity index is 2.57. The molecule has 14 heavy (non-hydrogen) atoms. The molecule has 0 saturated carbocycles. The van der Waals surface area contributed by atoms with E-state index in [9.17, 15) is 0 Å². The van der Waals surface area contributed by atoms with Crippen molar-refractivity contribution in [3.8, 4) is 0 Å². The van der Waals surface area contributed by atoms with Crippen LogP contribution in [0.25, 0.3) is 0 Å². The van der Waals surface area contributed by atoms with Crippen molar-refractivity contribution in [3.05, 3.63) is 35.4 Å². The second kappa shape index (κ2) is 5.78. The maximum atomic E-state index is 5.66. The molecule has 0 saturated heterocycles. The van der Waals surface area contributed by atoms with Crippen LogP contribution in [0.4, 0.5) is 0 Å². The molecule has 0 spiro atoms. The van der Waals surface area contributed by atoms with Crippen molar-refractivity contribution in [1.29, 1.82) is 0 Å². The summed E-state index contributed by atoms with van der Waals surface area (Å²) in [6.07, 6.45) is 1.01. The minimum absolute atomic E-state index is 0.432. The fourth-order valence-corrected chi connectivity index (χ4v) is 1.62. The third-order valence-electron chi connectivity index (χ3n) is 2.34. The minimum Gasteiger partial charge on any atom is -0.384 e. The standard InChI is InChI=1S/C12H19NO/c1-10-4-3-5-11(6-10)7-12(8-13)9-14-2/h3-6,12H,7-9,13H2,1-2H3. The number of benzene rings is 1. The molecule has 1 aromatic carbocycles. The monoisotopic (exact) mass is 193 g/mol. The number of hydrogen-bond donors (Lipinski definition) is 1. The number of rotatable bonds is 5. The molecule has 0 radical (unpaired) electrons. The Morgan fingerprint density at radius 2 is 2.21 bits per heavy atom. The predicted octanol–water partition coefficient (Wildman–Crippen LogP) is 1.76. The van der Waals surface area contributed by atoms with Gasteiger partial charge in [-0.1, -0.05) is 29.8 Å². The molecule has 1 unspecified atom stereocenters. The molecule has 2 N–H and O–H groups in total. The van der Waals surface area contributed by atoms with Crippen LogP contribution in [-0.2, 0) is 11.2 Å². The Hall–Kier alpha value is -0.860. The molecule has 2 nitrogen and oxygen atoms in total. The Morgan fingerprint density at radius 3 is 2.79 bits per heavy atom. The lowest BCUT2D eigenvalue weighted by atomic mass is 9.99. The Morgan fingerprint density at radius 1 is 1.43 bits per heavy atom. The van der Waals surface area contributed by atoms with Crippen molar-refractivity contribution in [2.45, 2.75) is 13.3 Å². The summed E-state index contributed by atoms with van der Waals surface area (Å²) in [7, 11) is 1.72. The van der Waals surface area contributed by atoms with E-state index in [2.05, 4.69) is 31.2 Å². The van der Waals surface area contributed by atoms with E-state index in [0.29, 0.717) is 12.5 Å². The van der Waals surface area contributed by atoms with Crippen molar-refractivity contribution in [3.63, 3.8) is 0 Å². The smallest absolute Gasteiger partial charge is 0.0505 e. The van der Waals surface area contributed by atoms with Gasteiger partial charge in [-0.3, -0.25) is 0 Å². The Labute approximate surface area is 86.1 Å². The molecule has 2 heteroatoms. The first kappa shape index (κ1) is 11.2. The van der Waals surface area contributed by atoms with Gasteiger partial charge in [-0.25, -0.2) is 0 Å². The van der Waals surface area contributed by atoms with Crippen LogP contribution in [-0.4, -0.2) is 20.3 Å². The van der Waals surface area contributed by atoms with Gasteiger partial charge in [-0.2, -0.15) is 0 Å². The quantitative estimate of drug-likeness (QED) is 0.773. The topological polar surface area (TPSA) is 35.2 Å². The lowest BCUT2D eigenvalue weighted by Crippen LogP contribution is -2.21. The summed E-state index contributed by atoms with van der Waals surface area (Å²) in [4.78, 5) is 0. The molecule has 0 heterocycles. The number of aryl methyl sites for hydroxylation is 1. The lowest BCUT2D eigenvalue weighted by Gasteiger charge is -2.13. The number of hydrogen-bond acceptors (Lipinski definition) is 2. The van der Waals surface area contributed by atoms with Gasteiger partial charge in [-0.15, -0.1) is 0 Å². The van der Waals surface area contributed by atoms with Gasteiger partial charge < -0.3 is 10.5 Å². The maximum absolute atomic E-state index is 5.66. The van der Waals surface area contributed by atoms with Gasteiger partial charge in [0.25, 0.3) is 0 Å². The molecule has 1 aromatic rings. The van der Waals surface area contributed by atoms with Crippen LogP contribution in [0.5, 0.6) is 0 Å². The maximum Gasteiger partial charge on any atom is 0.0505 e. The zero-order valence-electron chi connectivity index (χ0n) is 8.99. The van der Waals surface area contributed by atoms with Crippen molar-refractivity contribution in [1.82, 2.24) is 0 Å². The summed E-state index contributed by atoms with van der Waals surface area (Å²) < 4.78 is 5.12. The number of methoxy groups -OCH3 is 1. The van der Waals surface area contributed by atoms with Gasteiger partial charge in [0.05, 0.1) is 6.61 Å². The highest BCUT2D eigenvalue weighted by Crippen LogP contribution is 2.10. The summed E-state index contributed by atoms with van der Waals surface area (Å²) in [5.74, 6) is 0.432.